The van der Waals surface area contributed by atoms with E-state index >= 15 is 0 Å². The van der Waals surface area contributed by atoms with E-state index in [1.807, 2.05) is 36.2 Å². The van der Waals surface area contributed by atoms with Gasteiger partial charge in [-0.2, -0.15) is 0 Å². The van der Waals surface area contributed by atoms with Crippen LogP contribution in [0.5, 0.6) is 0 Å². The molecule has 3 aromatic rings. The van der Waals surface area contributed by atoms with Gasteiger partial charge in [-0.15, -0.1) is 5.10 Å². The summed E-state index contributed by atoms with van der Waals surface area (Å²) in [5, 5.41) is 14.9. The van der Waals surface area contributed by atoms with Gasteiger partial charge in [-0.25, -0.2) is 13.9 Å². The highest BCUT2D eigenvalue weighted by Crippen LogP contribution is 2.48. The first kappa shape index (κ1) is 24.0. The molecule has 9 heteroatoms. The average Bonchev–Trinajstić information content (AvgIpc) is 3.48. The van der Waals surface area contributed by atoms with Crippen LogP contribution in [0.2, 0.25) is 0 Å². The number of halogens is 1. The van der Waals surface area contributed by atoms with Crippen LogP contribution in [0, 0.1) is 11.2 Å². The fourth-order valence-corrected chi connectivity index (χ4v) is 6.48. The lowest BCUT2D eigenvalue weighted by molar-refractivity contribution is 0.00899. The molecule has 194 valence electrons. The van der Waals surface area contributed by atoms with Crippen LogP contribution in [0.3, 0.4) is 0 Å². The average molecular weight is 504 g/mol. The van der Waals surface area contributed by atoms with Crippen molar-refractivity contribution >= 4 is 11.7 Å². The predicted octanol–water partition coefficient (Wildman–Crippen LogP) is 4.28. The molecule has 2 atom stereocenters. The van der Waals surface area contributed by atoms with Crippen LogP contribution >= 0.6 is 0 Å². The largest absolute Gasteiger partial charge is 0.323 e. The smallest absolute Gasteiger partial charge is 0.321 e. The third-order valence-electron chi connectivity index (χ3n) is 8.59. The first-order chi connectivity index (χ1) is 17.9. The third kappa shape index (κ3) is 4.72. The highest BCUT2D eigenvalue weighted by molar-refractivity contribution is 5.91. The number of hydrogen-bond acceptors (Lipinski definition) is 5. The molecule has 2 aromatic carbocycles. The Morgan fingerprint density at radius 1 is 1.14 bits per heavy atom. The zero-order valence-corrected chi connectivity index (χ0v) is 21.5. The molecule has 2 aliphatic heterocycles. The summed E-state index contributed by atoms with van der Waals surface area (Å²) in [6.07, 6.45) is 6.58. The molecule has 1 aromatic heterocycles. The number of nitrogens with zero attached hydrogens (tertiary/aromatic N) is 6. The van der Waals surface area contributed by atoms with Crippen molar-refractivity contribution in [3.63, 3.8) is 0 Å². The van der Waals surface area contributed by atoms with Gasteiger partial charge in [0.1, 0.15) is 5.82 Å². The highest BCUT2D eigenvalue weighted by Gasteiger charge is 2.52. The van der Waals surface area contributed by atoms with Crippen molar-refractivity contribution in [2.45, 2.75) is 57.5 Å². The van der Waals surface area contributed by atoms with Crippen LogP contribution in [-0.2, 0) is 19.9 Å². The fraction of sp³-hybridized carbons (Fsp3) is 0.500. The molecule has 2 unspecified atom stereocenters. The van der Waals surface area contributed by atoms with Gasteiger partial charge in [-0.3, -0.25) is 4.90 Å². The van der Waals surface area contributed by atoms with E-state index in [4.69, 9.17) is 0 Å². The second-order valence-electron chi connectivity index (χ2n) is 11.1. The number of carbonyl (C=O) groups is 1. The molecular formula is C28H34FN7O. The Bertz CT molecular complexity index is 1280. The van der Waals surface area contributed by atoms with E-state index in [0.29, 0.717) is 17.9 Å². The molecular weight excluding hydrogens is 469 g/mol. The minimum Gasteiger partial charge on any atom is -0.323 e. The van der Waals surface area contributed by atoms with Gasteiger partial charge in [0.25, 0.3) is 0 Å². The third-order valence-corrected chi connectivity index (χ3v) is 8.59. The lowest BCUT2D eigenvalue weighted by Gasteiger charge is -2.50. The summed E-state index contributed by atoms with van der Waals surface area (Å²) >= 11 is 0. The second kappa shape index (κ2) is 9.52. The minimum absolute atomic E-state index is 0.0393. The van der Waals surface area contributed by atoms with E-state index in [9.17, 15) is 9.18 Å². The van der Waals surface area contributed by atoms with Crippen LogP contribution < -0.4 is 5.32 Å². The van der Waals surface area contributed by atoms with Gasteiger partial charge in [-0.05, 0) is 90.4 Å². The van der Waals surface area contributed by atoms with Gasteiger partial charge in [-0.1, -0.05) is 19.1 Å². The van der Waals surface area contributed by atoms with Crippen molar-refractivity contribution in [2.75, 3.05) is 25.0 Å². The van der Waals surface area contributed by atoms with E-state index in [1.54, 1.807) is 16.8 Å². The molecule has 3 fully saturated rings. The Hall–Kier alpha value is -3.33. The molecule has 6 rings (SSSR count). The number of tetrazole rings is 1. The number of rotatable bonds is 6. The van der Waals surface area contributed by atoms with Crippen molar-refractivity contribution in [1.82, 2.24) is 30.0 Å². The van der Waals surface area contributed by atoms with Gasteiger partial charge >= 0.3 is 6.03 Å². The maximum Gasteiger partial charge on any atom is 0.321 e. The molecule has 2 amide bonds. The number of aromatic nitrogens is 4. The van der Waals surface area contributed by atoms with Crippen LogP contribution in [0.25, 0.3) is 11.4 Å². The molecule has 0 bridgehead atoms. The minimum atomic E-state index is -0.174. The standard InChI is InChI=1S/C28H34FN7O/c1-3-19-12-21(26-31-32-33-34(26)2)15-23(13-19)30-27(37)35-17-28(18-35)10-8-25(16-28)36-11-9-24(36)14-20-4-6-22(29)7-5-20/h4-7,12-13,15,24-25H,3,8-11,14,16-18H2,1-2H3,(H,30,37). The number of nitrogens with one attached hydrogen (secondary N) is 1. The normalized spacial score (nSPS) is 22.6. The van der Waals surface area contributed by atoms with E-state index in [0.717, 1.165) is 55.7 Å². The number of amides is 2. The van der Waals surface area contributed by atoms with E-state index in [-0.39, 0.29) is 17.3 Å². The number of aryl methyl sites for hydroxylation is 2. The lowest BCUT2D eigenvalue weighted by Crippen LogP contribution is -2.60. The fourth-order valence-electron chi connectivity index (χ4n) is 6.48. The number of benzene rings is 2. The van der Waals surface area contributed by atoms with Crippen molar-refractivity contribution in [1.29, 1.82) is 0 Å². The Balaban J connectivity index is 1.04. The Morgan fingerprint density at radius 3 is 2.62 bits per heavy atom. The van der Waals surface area contributed by atoms with Crippen LogP contribution in [0.1, 0.15) is 43.7 Å². The molecule has 0 radical (unpaired) electrons. The monoisotopic (exact) mass is 503 g/mol. The van der Waals surface area contributed by atoms with Crippen molar-refractivity contribution in [3.05, 3.63) is 59.4 Å². The number of anilines is 1. The maximum absolute atomic E-state index is 13.3. The summed E-state index contributed by atoms with van der Waals surface area (Å²) in [6, 6.07) is 14.1. The molecule has 37 heavy (non-hydrogen) atoms. The zero-order valence-electron chi connectivity index (χ0n) is 21.5. The number of likely N-dealkylation sites (tertiary alicyclic amines) is 2. The van der Waals surface area contributed by atoms with Gasteiger partial charge in [0.2, 0.25) is 0 Å². The molecule has 2 saturated heterocycles. The Labute approximate surface area is 216 Å². The molecule has 1 aliphatic carbocycles. The molecule has 1 saturated carbocycles. The van der Waals surface area contributed by atoms with E-state index in [1.165, 1.54) is 24.8 Å². The second-order valence-corrected chi connectivity index (χ2v) is 11.1. The van der Waals surface area contributed by atoms with E-state index < -0.39 is 0 Å². The summed E-state index contributed by atoms with van der Waals surface area (Å²) in [5.41, 5.74) is 4.25. The molecule has 3 heterocycles. The first-order valence-corrected chi connectivity index (χ1v) is 13.3. The summed E-state index contributed by atoms with van der Waals surface area (Å²) in [4.78, 5) is 17.7. The topological polar surface area (TPSA) is 79.2 Å². The van der Waals surface area contributed by atoms with Gasteiger partial charge in [0.05, 0.1) is 0 Å². The summed E-state index contributed by atoms with van der Waals surface area (Å²) in [7, 11) is 1.81. The first-order valence-electron chi connectivity index (χ1n) is 13.3. The number of hydrogen-bond donors (Lipinski definition) is 1. The van der Waals surface area contributed by atoms with Crippen LogP contribution in [-0.4, -0.2) is 67.8 Å². The summed E-state index contributed by atoms with van der Waals surface area (Å²) in [6.45, 7) is 4.88. The molecule has 3 aliphatic rings. The van der Waals surface area contributed by atoms with E-state index in [2.05, 4.69) is 38.7 Å². The maximum atomic E-state index is 13.3. The lowest BCUT2D eigenvalue weighted by atomic mass is 9.78. The van der Waals surface area contributed by atoms with Crippen molar-refractivity contribution < 1.29 is 9.18 Å². The highest BCUT2D eigenvalue weighted by atomic mass is 19.1. The number of carbonyl (C=O) groups excluding carboxylic acids is 1. The van der Waals surface area contributed by atoms with Gasteiger partial charge in [0.15, 0.2) is 5.82 Å². The quantitative estimate of drug-likeness (QED) is 0.543. The zero-order chi connectivity index (χ0) is 25.6. The van der Waals surface area contributed by atoms with Crippen LogP contribution in [0.15, 0.2) is 42.5 Å². The van der Waals surface area contributed by atoms with Crippen molar-refractivity contribution in [3.8, 4) is 11.4 Å². The molecule has 8 nitrogen and oxygen atoms in total. The van der Waals surface area contributed by atoms with Crippen LogP contribution in [0.4, 0.5) is 14.9 Å². The molecule has 1 spiro atoms. The Kier molecular flexibility index (Phi) is 6.18. The summed E-state index contributed by atoms with van der Waals surface area (Å²) < 4.78 is 14.9. The van der Waals surface area contributed by atoms with Gasteiger partial charge < -0.3 is 10.2 Å². The van der Waals surface area contributed by atoms with Gasteiger partial charge in [0, 0.05) is 55.4 Å². The number of urea groups is 1. The Morgan fingerprint density at radius 2 is 1.95 bits per heavy atom. The SMILES string of the molecule is CCc1cc(NC(=O)N2CC3(CCC(N4CCC4Cc4ccc(F)cc4)C3)C2)cc(-c2nnnn2C)c1. The molecule has 1 N–H and O–H groups in total. The predicted molar refractivity (Wildman–Crippen MR) is 139 cm³/mol. The summed E-state index contributed by atoms with van der Waals surface area (Å²) in [5.74, 6) is 0.501. The van der Waals surface area contributed by atoms with Crippen molar-refractivity contribution in [2.24, 2.45) is 12.5 Å².